The molecule has 26 heavy (non-hydrogen) atoms. The maximum absolute atomic E-state index is 13.3. The highest BCUT2D eigenvalue weighted by Gasteiger charge is 2.31. The topological polar surface area (TPSA) is 88.2 Å². The molecule has 7 heteroatoms. The monoisotopic (exact) mass is 350 g/mol. The van der Waals surface area contributed by atoms with E-state index in [2.05, 4.69) is 15.0 Å². The van der Waals surface area contributed by atoms with E-state index in [1.54, 1.807) is 24.1 Å². The van der Waals surface area contributed by atoms with E-state index in [4.69, 9.17) is 4.74 Å². The zero-order valence-electron chi connectivity index (χ0n) is 14.3. The molecule has 132 valence electrons. The molecule has 1 saturated heterocycles. The molecule has 3 aromatic rings. The van der Waals surface area contributed by atoms with E-state index in [0.29, 0.717) is 36.8 Å². The predicted octanol–water partition coefficient (Wildman–Crippen LogP) is 1.84. The molecule has 1 aliphatic heterocycles. The summed E-state index contributed by atoms with van der Waals surface area (Å²) < 4.78 is 5.56. The van der Waals surface area contributed by atoms with E-state index >= 15 is 0 Å². The Balaban J connectivity index is 1.76. The Morgan fingerprint density at radius 1 is 1.31 bits per heavy atom. The van der Waals surface area contributed by atoms with Crippen LogP contribution in [0.1, 0.15) is 27.9 Å². The van der Waals surface area contributed by atoms with Crippen molar-refractivity contribution in [1.29, 1.82) is 0 Å². The van der Waals surface area contributed by atoms with E-state index in [9.17, 15) is 9.59 Å². The van der Waals surface area contributed by atoms with Gasteiger partial charge in [-0.15, -0.1) is 0 Å². The maximum Gasteiger partial charge on any atom is 0.255 e. The molecule has 3 heterocycles. The minimum atomic E-state index is -0.399. The Hall–Kier alpha value is -3.06. The van der Waals surface area contributed by atoms with E-state index in [0.717, 1.165) is 10.9 Å². The second-order valence-electron chi connectivity index (χ2n) is 6.22. The zero-order valence-corrected chi connectivity index (χ0v) is 14.3. The van der Waals surface area contributed by atoms with Gasteiger partial charge in [0, 0.05) is 29.8 Å². The number of ether oxygens (including phenoxy) is 1. The molecule has 1 aromatic carbocycles. The van der Waals surface area contributed by atoms with Gasteiger partial charge in [-0.3, -0.25) is 14.6 Å². The largest absolute Gasteiger partial charge is 0.377 e. The molecule has 0 radical (unpaired) electrons. The summed E-state index contributed by atoms with van der Waals surface area (Å²) in [6, 6.07) is 10.2. The lowest BCUT2D eigenvalue weighted by Gasteiger charge is -2.35. The number of aromatic amines is 1. The van der Waals surface area contributed by atoms with Gasteiger partial charge < -0.3 is 14.6 Å². The molecular weight excluding hydrogens is 332 g/mol. The highest BCUT2D eigenvalue weighted by atomic mass is 16.5. The number of hydrogen-bond donors (Lipinski definition) is 1. The minimum absolute atomic E-state index is 0.114. The van der Waals surface area contributed by atoms with Crippen molar-refractivity contribution in [3.05, 3.63) is 70.0 Å². The van der Waals surface area contributed by atoms with Gasteiger partial charge in [-0.2, -0.15) is 0 Å². The average Bonchev–Trinajstić information content (AvgIpc) is 2.66. The van der Waals surface area contributed by atoms with Crippen molar-refractivity contribution >= 4 is 16.8 Å². The van der Waals surface area contributed by atoms with Gasteiger partial charge in [-0.1, -0.05) is 12.1 Å². The van der Waals surface area contributed by atoms with Crippen LogP contribution in [0.4, 0.5) is 0 Å². The number of H-pyrrole nitrogens is 1. The summed E-state index contributed by atoms with van der Waals surface area (Å²) in [6.07, 6.45) is 1.71. The normalized spacial score (nSPS) is 17.4. The Morgan fingerprint density at radius 3 is 3.04 bits per heavy atom. The molecule has 7 nitrogen and oxygen atoms in total. The van der Waals surface area contributed by atoms with Crippen molar-refractivity contribution in [3.63, 3.8) is 0 Å². The number of hydrogen-bond acceptors (Lipinski definition) is 5. The fourth-order valence-electron chi connectivity index (χ4n) is 3.31. The number of morpholine rings is 1. The molecule has 1 N–H and O–H groups in total. The third kappa shape index (κ3) is 2.97. The average molecular weight is 350 g/mol. The molecule has 1 atom stereocenters. The van der Waals surface area contributed by atoms with Crippen LogP contribution in [0.5, 0.6) is 0 Å². The minimum Gasteiger partial charge on any atom is -0.377 e. The maximum atomic E-state index is 13.3. The molecule has 4 rings (SSSR count). The lowest BCUT2D eigenvalue weighted by atomic mass is 10.0. The van der Waals surface area contributed by atoms with E-state index < -0.39 is 6.04 Å². The van der Waals surface area contributed by atoms with Gasteiger partial charge in [-0.05, 0) is 25.1 Å². The molecule has 0 aliphatic carbocycles. The van der Waals surface area contributed by atoms with E-state index in [1.807, 2.05) is 24.3 Å². The van der Waals surface area contributed by atoms with Crippen LogP contribution in [-0.4, -0.2) is 45.5 Å². The standard InChI is InChI=1S/C19H18N4O3/c1-12-21-16(10-18(24)22-12)17-11-26-9-8-23(17)19(25)14-4-2-6-15-13(14)5-3-7-20-15/h2-7,10,17H,8-9,11H2,1H3,(H,21,22,24)/t17-/m0/s1. The second-order valence-corrected chi connectivity index (χ2v) is 6.22. The smallest absolute Gasteiger partial charge is 0.255 e. The van der Waals surface area contributed by atoms with Crippen molar-refractivity contribution in [1.82, 2.24) is 19.9 Å². The molecular formula is C19H18N4O3. The molecule has 1 fully saturated rings. The van der Waals surface area contributed by atoms with Crippen molar-refractivity contribution in [2.24, 2.45) is 0 Å². The number of aryl methyl sites for hydroxylation is 1. The number of aromatic nitrogens is 3. The molecule has 0 unspecified atom stereocenters. The first-order chi connectivity index (χ1) is 12.6. The molecule has 0 bridgehead atoms. The van der Waals surface area contributed by atoms with Crippen LogP contribution in [0.2, 0.25) is 0 Å². The van der Waals surface area contributed by atoms with Crippen LogP contribution >= 0.6 is 0 Å². The number of carbonyl (C=O) groups excluding carboxylic acids is 1. The molecule has 0 saturated carbocycles. The number of nitrogens with one attached hydrogen (secondary N) is 1. The van der Waals surface area contributed by atoms with Crippen molar-refractivity contribution < 1.29 is 9.53 Å². The summed E-state index contributed by atoms with van der Waals surface area (Å²) in [5.74, 6) is 0.400. The first-order valence-corrected chi connectivity index (χ1v) is 8.44. The molecule has 1 aliphatic rings. The predicted molar refractivity (Wildman–Crippen MR) is 95.9 cm³/mol. The molecule has 2 aromatic heterocycles. The van der Waals surface area contributed by atoms with Gasteiger partial charge in [0.05, 0.1) is 30.5 Å². The Morgan fingerprint density at radius 2 is 2.19 bits per heavy atom. The number of rotatable bonds is 2. The third-order valence-electron chi connectivity index (χ3n) is 4.49. The van der Waals surface area contributed by atoms with Crippen LogP contribution in [0.3, 0.4) is 0 Å². The third-order valence-corrected chi connectivity index (χ3v) is 4.49. The number of pyridine rings is 1. The number of amides is 1. The second kappa shape index (κ2) is 6.68. The van der Waals surface area contributed by atoms with Gasteiger partial charge in [0.2, 0.25) is 0 Å². The Labute approximate surface area is 149 Å². The fraction of sp³-hybridized carbons (Fsp3) is 0.263. The van der Waals surface area contributed by atoms with Gasteiger partial charge in [0.15, 0.2) is 0 Å². The number of carbonyl (C=O) groups is 1. The fourth-order valence-corrected chi connectivity index (χ4v) is 3.31. The zero-order chi connectivity index (χ0) is 18.1. The Kier molecular flexibility index (Phi) is 4.22. The summed E-state index contributed by atoms with van der Waals surface area (Å²) in [6.45, 7) is 2.92. The van der Waals surface area contributed by atoms with Crippen LogP contribution in [0, 0.1) is 6.92 Å². The quantitative estimate of drug-likeness (QED) is 0.762. The van der Waals surface area contributed by atoms with Crippen LogP contribution in [0.25, 0.3) is 10.9 Å². The number of nitrogens with zero attached hydrogens (tertiary/aromatic N) is 3. The molecule has 0 spiro atoms. The van der Waals surface area contributed by atoms with Gasteiger partial charge in [0.25, 0.3) is 11.5 Å². The number of fused-ring (bicyclic) bond motifs is 1. The van der Waals surface area contributed by atoms with Crippen molar-refractivity contribution in [2.45, 2.75) is 13.0 Å². The molecule has 1 amide bonds. The first-order valence-electron chi connectivity index (χ1n) is 8.44. The van der Waals surface area contributed by atoms with Gasteiger partial charge in [0.1, 0.15) is 5.82 Å². The lowest BCUT2D eigenvalue weighted by Crippen LogP contribution is -2.44. The number of benzene rings is 1. The van der Waals surface area contributed by atoms with E-state index in [1.165, 1.54) is 6.07 Å². The van der Waals surface area contributed by atoms with E-state index in [-0.39, 0.29) is 11.5 Å². The van der Waals surface area contributed by atoms with Crippen molar-refractivity contribution in [3.8, 4) is 0 Å². The summed E-state index contributed by atoms with van der Waals surface area (Å²) in [5.41, 5.74) is 1.66. The van der Waals surface area contributed by atoms with Crippen molar-refractivity contribution in [2.75, 3.05) is 19.8 Å². The summed E-state index contributed by atoms with van der Waals surface area (Å²) >= 11 is 0. The van der Waals surface area contributed by atoms with Gasteiger partial charge in [-0.25, -0.2) is 4.98 Å². The summed E-state index contributed by atoms with van der Waals surface area (Å²) in [7, 11) is 0. The highest BCUT2D eigenvalue weighted by molar-refractivity contribution is 6.06. The summed E-state index contributed by atoms with van der Waals surface area (Å²) in [4.78, 5) is 38.2. The van der Waals surface area contributed by atoms with Gasteiger partial charge >= 0.3 is 0 Å². The van der Waals surface area contributed by atoms with Crippen LogP contribution in [-0.2, 0) is 4.74 Å². The SMILES string of the molecule is Cc1nc([C@@H]2COCCN2C(=O)c2cccc3ncccc23)cc(=O)[nH]1. The van der Waals surface area contributed by atoms with Crippen LogP contribution in [0.15, 0.2) is 47.4 Å². The van der Waals surface area contributed by atoms with Crippen LogP contribution < -0.4 is 5.56 Å². The highest BCUT2D eigenvalue weighted by Crippen LogP contribution is 2.26. The Bertz CT molecular complexity index is 1030. The first kappa shape index (κ1) is 16.4. The lowest BCUT2D eigenvalue weighted by molar-refractivity contribution is -0.00390. The summed E-state index contributed by atoms with van der Waals surface area (Å²) in [5, 5.41) is 0.806.